The van der Waals surface area contributed by atoms with E-state index < -0.39 is 11.4 Å². The van der Waals surface area contributed by atoms with E-state index in [0.717, 1.165) is 31.4 Å². The van der Waals surface area contributed by atoms with Crippen LogP contribution in [-0.2, 0) is 0 Å². The summed E-state index contributed by atoms with van der Waals surface area (Å²) in [5.41, 5.74) is 7.05. The summed E-state index contributed by atoms with van der Waals surface area (Å²) >= 11 is 0. The van der Waals surface area contributed by atoms with Gasteiger partial charge in [0.15, 0.2) is 5.75 Å². The van der Waals surface area contributed by atoms with Crippen LogP contribution < -0.4 is 20.8 Å². The van der Waals surface area contributed by atoms with Gasteiger partial charge in [0.1, 0.15) is 5.56 Å². The molecule has 1 atom stereocenters. The molecule has 7 heteroatoms. The number of nitrogens with zero attached hydrogens (tertiary/aromatic N) is 2. The Hall–Kier alpha value is -2.54. The Morgan fingerprint density at radius 1 is 1.29 bits per heavy atom. The number of methoxy groups -OCH3 is 1. The van der Waals surface area contributed by atoms with Gasteiger partial charge in [-0.1, -0.05) is 0 Å². The van der Waals surface area contributed by atoms with E-state index in [1.807, 2.05) is 10.6 Å². The van der Waals surface area contributed by atoms with Crippen LogP contribution in [0.2, 0.25) is 0 Å². The fourth-order valence-corrected chi connectivity index (χ4v) is 4.29. The Morgan fingerprint density at radius 3 is 2.61 bits per heavy atom. The first-order chi connectivity index (χ1) is 13.2. The van der Waals surface area contributed by atoms with Crippen molar-refractivity contribution in [3.8, 4) is 5.75 Å². The molecule has 28 heavy (non-hydrogen) atoms. The first kappa shape index (κ1) is 18.8. The topological polar surface area (TPSA) is 97.8 Å². The molecule has 3 N–H and O–H groups in total. The van der Waals surface area contributed by atoms with Gasteiger partial charge in [0, 0.05) is 30.4 Å². The average Bonchev–Trinajstić information content (AvgIpc) is 3.48. The van der Waals surface area contributed by atoms with Crippen LogP contribution in [0.1, 0.15) is 55.9 Å². The number of fused-ring (bicyclic) bond motifs is 1. The number of pyridine rings is 1. The standard InChI is InChI=1S/C21H27N3O4/c1-21(2)9-8-12(22)10-24(21)16-7-6-14-17(19(16)28-3)23(13-4-5-13)11-15(18(14)25)20(26)27/h6-7,11-13H,4-5,8-10,22H2,1-3H3,(H,26,27)/t12-/m0/s1. The molecule has 2 heterocycles. The quantitative estimate of drug-likeness (QED) is 0.840. The smallest absolute Gasteiger partial charge is 0.341 e. The molecule has 1 aromatic carbocycles. The Kier molecular flexibility index (Phi) is 4.38. The fraction of sp³-hybridized carbons (Fsp3) is 0.524. The fourth-order valence-electron chi connectivity index (χ4n) is 4.29. The average molecular weight is 385 g/mol. The predicted molar refractivity (Wildman–Crippen MR) is 109 cm³/mol. The Balaban J connectivity index is 2.00. The summed E-state index contributed by atoms with van der Waals surface area (Å²) < 4.78 is 7.74. The summed E-state index contributed by atoms with van der Waals surface area (Å²) in [5, 5.41) is 9.85. The number of hydrogen-bond acceptors (Lipinski definition) is 5. The summed E-state index contributed by atoms with van der Waals surface area (Å²) in [6, 6.07) is 3.87. The van der Waals surface area contributed by atoms with Crippen molar-refractivity contribution < 1.29 is 14.6 Å². The van der Waals surface area contributed by atoms with Crippen LogP contribution in [0.3, 0.4) is 0 Å². The van der Waals surface area contributed by atoms with Crippen molar-refractivity contribution in [1.82, 2.24) is 4.57 Å². The minimum atomic E-state index is -1.20. The Labute approximate surface area is 163 Å². The van der Waals surface area contributed by atoms with Gasteiger partial charge in [-0.3, -0.25) is 4.79 Å². The second-order valence-corrected chi connectivity index (χ2v) is 8.55. The summed E-state index contributed by atoms with van der Waals surface area (Å²) in [6.07, 6.45) is 5.33. The minimum Gasteiger partial charge on any atom is -0.492 e. The molecule has 0 amide bonds. The van der Waals surface area contributed by atoms with E-state index in [1.165, 1.54) is 6.20 Å². The number of benzene rings is 1. The third-order valence-electron chi connectivity index (χ3n) is 6.07. The molecule has 2 fully saturated rings. The second-order valence-electron chi connectivity index (χ2n) is 8.55. The van der Waals surface area contributed by atoms with Crippen LogP contribution in [-0.4, -0.2) is 40.9 Å². The number of anilines is 1. The summed E-state index contributed by atoms with van der Waals surface area (Å²) in [7, 11) is 1.60. The number of carboxylic acid groups (broad SMARTS) is 1. The van der Waals surface area contributed by atoms with Gasteiger partial charge in [-0.15, -0.1) is 0 Å². The van der Waals surface area contributed by atoms with Gasteiger partial charge in [0.05, 0.1) is 23.7 Å². The number of aromatic carboxylic acids is 1. The Morgan fingerprint density at radius 2 is 2.00 bits per heavy atom. The second kappa shape index (κ2) is 6.51. The van der Waals surface area contributed by atoms with Crippen molar-refractivity contribution in [3.63, 3.8) is 0 Å². The lowest BCUT2D eigenvalue weighted by Crippen LogP contribution is -2.54. The molecule has 150 valence electrons. The molecule has 0 spiro atoms. The van der Waals surface area contributed by atoms with Crippen molar-refractivity contribution in [3.05, 3.63) is 34.1 Å². The van der Waals surface area contributed by atoms with Crippen LogP contribution in [0.15, 0.2) is 23.1 Å². The van der Waals surface area contributed by atoms with Crippen molar-refractivity contribution in [1.29, 1.82) is 0 Å². The largest absolute Gasteiger partial charge is 0.492 e. The predicted octanol–water partition coefficient (Wildman–Crippen LogP) is 2.75. The molecule has 1 saturated carbocycles. The first-order valence-corrected chi connectivity index (χ1v) is 9.77. The zero-order chi connectivity index (χ0) is 20.2. The Bertz CT molecular complexity index is 1010. The van der Waals surface area contributed by atoms with E-state index in [0.29, 0.717) is 23.2 Å². The maximum Gasteiger partial charge on any atom is 0.341 e. The number of piperidine rings is 1. The van der Waals surface area contributed by atoms with Crippen molar-refractivity contribution in [2.45, 2.75) is 57.2 Å². The molecular formula is C21H27N3O4. The monoisotopic (exact) mass is 385 g/mol. The number of carboxylic acids is 1. The molecule has 1 saturated heterocycles. The summed E-state index contributed by atoms with van der Waals surface area (Å²) in [4.78, 5) is 26.7. The SMILES string of the molecule is COc1c(N2C[C@@H](N)CCC2(C)C)ccc2c(=O)c(C(=O)O)cn(C3CC3)c12. The summed E-state index contributed by atoms with van der Waals surface area (Å²) in [6.45, 7) is 5.07. The first-order valence-electron chi connectivity index (χ1n) is 9.77. The molecule has 2 aromatic rings. The molecule has 7 nitrogen and oxygen atoms in total. The molecule has 0 bridgehead atoms. The van der Waals surface area contributed by atoms with Crippen LogP contribution in [0.25, 0.3) is 10.9 Å². The van der Waals surface area contributed by atoms with E-state index in [1.54, 1.807) is 13.2 Å². The van der Waals surface area contributed by atoms with Crippen molar-refractivity contribution in [2.24, 2.45) is 5.73 Å². The van der Waals surface area contributed by atoms with Crippen LogP contribution in [0, 0.1) is 0 Å². The van der Waals surface area contributed by atoms with Gasteiger partial charge in [-0.2, -0.15) is 0 Å². The van der Waals surface area contributed by atoms with E-state index in [9.17, 15) is 14.7 Å². The lowest BCUT2D eigenvalue weighted by atomic mass is 9.87. The van der Waals surface area contributed by atoms with Crippen molar-refractivity contribution in [2.75, 3.05) is 18.6 Å². The van der Waals surface area contributed by atoms with Gasteiger partial charge >= 0.3 is 5.97 Å². The van der Waals surface area contributed by atoms with Gasteiger partial charge in [-0.25, -0.2) is 4.79 Å². The number of hydrogen-bond donors (Lipinski definition) is 2. The highest BCUT2D eigenvalue weighted by molar-refractivity contribution is 5.97. The molecule has 0 unspecified atom stereocenters. The molecule has 2 aliphatic rings. The number of rotatable bonds is 4. The van der Waals surface area contributed by atoms with Gasteiger partial charge in [0.25, 0.3) is 0 Å². The maximum absolute atomic E-state index is 12.8. The highest BCUT2D eigenvalue weighted by Gasteiger charge is 2.36. The lowest BCUT2D eigenvalue weighted by Gasteiger charge is -2.46. The minimum absolute atomic E-state index is 0.0773. The maximum atomic E-state index is 12.8. The van der Waals surface area contributed by atoms with Gasteiger partial charge < -0.3 is 25.0 Å². The third-order valence-corrected chi connectivity index (χ3v) is 6.07. The third kappa shape index (κ3) is 2.94. The molecule has 1 aliphatic heterocycles. The molecule has 1 aliphatic carbocycles. The number of nitrogens with two attached hydrogens (primary N) is 1. The van der Waals surface area contributed by atoms with E-state index >= 15 is 0 Å². The number of ether oxygens (including phenoxy) is 1. The van der Waals surface area contributed by atoms with Crippen LogP contribution in [0.5, 0.6) is 5.75 Å². The van der Waals surface area contributed by atoms with E-state index in [-0.39, 0.29) is 23.2 Å². The molecule has 1 aromatic heterocycles. The zero-order valence-electron chi connectivity index (χ0n) is 16.6. The van der Waals surface area contributed by atoms with Crippen LogP contribution in [0.4, 0.5) is 5.69 Å². The van der Waals surface area contributed by atoms with E-state index in [2.05, 4.69) is 18.7 Å². The van der Waals surface area contributed by atoms with Crippen molar-refractivity contribution >= 4 is 22.6 Å². The zero-order valence-corrected chi connectivity index (χ0v) is 16.6. The molecule has 0 radical (unpaired) electrons. The number of carbonyl (C=O) groups is 1. The number of aromatic nitrogens is 1. The van der Waals surface area contributed by atoms with Gasteiger partial charge in [-0.05, 0) is 51.7 Å². The molecular weight excluding hydrogens is 358 g/mol. The van der Waals surface area contributed by atoms with E-state index in [4.69, 9.17) is 10.5 Å². The highest BCUT2D eigenvalue weighted by atomic mass is 16.5. The molecule has 4 rings (SSSR count). The summed E-state index contributed by atoms with van der Waals surface area (Å²) in [5.74, 6) is -0.590. The highest BCUT2D eigenvalue weighted by Crippen LogP contribution is 2.44. The normalized spacial score (nSPS) is 21.7. The van der Waals surface area contributed by atoms with Gasteiger partial charge in [0.2, 0.25) is 5.43 Å². The van der Waals surface area contributed by atoms with Crippen LogP contribution >= 0.6 is 0 Å². The lowest BCUT2D eigenvalue weighted by molar-refractivity contribution is 0.0695.